The Morgan fingerprint density at radius 3 is 2.60 bits per heavy atom. The van der Waals surface area contributed by atoms with Crippen LogP contribution in [-0.4, -0.2) is 22.7 Å². The molecule has 6 nitrogen and oxygen atoms in total. The van der Waals surface area contributed by atoms with Crippen molar-refractivity contribution >= 4 is 57.6 Å². The van der Waals surface area contributed by atoms with E-state index in [1.807, 2.05) is 31.2 Å². The number of anilines is 1. The number of rotatable bonds is 5. The summed E-state index contributed by atoms with van der Waals surface area (Å²) >= 11 is 13.7. The Bertz CT molecular complexity index is 1070. The van der Waals surface area contributed by atoms with E-state index in [4.69, 9.17) is 28.9 Å². The lowest BCUT2D eigenvalue weighted by atomic mass is 9.96. The average molecular weight is 463 g/mol. The van der Waals surface area contributed by atoms with E-state index < -0.39 is 11.9 Å². The van der Waals surface area contributed by atoms with Crippen molar-refractivity contribution in [1.29, 1.82) is 0 Å². The number of nitrogens with zero attached hydrogens (tertiary/aromatic N) is 1. The number of halogens is 2. The Kier molecular flexibility index (Phi) is 7.07. The summed E-state index contributed by atoms with van der Waals surface area (Å²) in [6.07, 6.45) is 0. The van der Waals surface area contributed by atoms with Crippen molar-refractivity contribution in [2.45, 2.75) is 19.9 Å². The molecule has 0 fully saturated rings. The van der Waals surface area contributed by atoms with Gasteiger partial charge in [0.2, 0.25) is 11.8 Å². The Morgan fingerprint density at radius 1 is 1.17 bits per heavy atom. The molecule has 4 N–H and O–H groups in total. The molecule has 156 valence electrons. The van der Waals surface area contributed by atoms with E-state index >= 15 is 0 Å². The van der Waals surface area contributed by atoms with Crippen molar-refractivity contribution in [2.24, 2.45) is 10.7 Å². The van der Waals surface area contributed by atoms with E-state index in [9.17, 15) is 9.59 Å². The van der Waals surface area contributed by atoms with Crippen molar-refractivity contribution in [3.05, 3.63) is 74.9 Å². The molecule has 30 heavy (non-hydrogen) atoms. The molecule has 0 aromatic heterocycles. The number of carbonyl (C=O) groups is 2. The molecule has 0 saturated carbocycles. The molecule has 0 radical (unpaired) electrons. The third-order valence-electron chi connectivity index (χ3n) is 4.52. The van der Waals surface area contributed by atoms with Crippen LogP contribution >= 0.6 is 35.0 Å². The summed E-state index contributed by atoms with van der Waals surface area (Å²) in [5.74, 6) is -0.639. The van der Waals surface area contributed by atoms with Gasteiger partial charge >= 0.3 is 0 Å². The minimum absolute atomic E-state index is 0.134. The number of thioether (sulfide) groups is 1. The maximum Gasteiger partial charge on any atom is 0.248 e. The van der Waals surface area contributed by atoms with Crippen molar-refractivity contribution in [3.8, 4) is 0 Å². The zero-order valence-corrected chi connectivity index (χ0v) is 18.7. The van der Waals surface area contributed by atoms with Crippen LogP contribution in [0.25, 0.3) is 0 Å². The number of allylic oxidation sites excluding steroid dienone is 1. The third kappa shape index (κ3) is 4.98. The van der Waals surface area contributed by atoms with Gasteiger partial charge in [-0.25, -0.2) is 4.99 Å². The number of nitrogens with two attached hydrogens (primary N) is 1. The molecule has 2 aromatic carbocycles. The first-order valence-electron chi connectivity index (χ1n) is 9.05. The Balaban J connectivity index is 1.80. The molecular weight excluding hydrogens is 443 g/mol. The van der Waals surface area contributed by atoms with Crippen LogP contribution in [0.5, 0.6) is 0 Å². The normalized spacial score (nSPS) is 16.0. The van der Waals surface area contributed by atoms with Gasteiger partial charge in [-0.3, -0.25) is 9.59 Å². The van der Waals surface area contributed by atoms with E-state index in [2.05, 4.69) is 15.6 Å². The molecule has 1 aliphatic rings. The van der Waals surface area contributed by atoms with Crippen molar-refractivity contribution < 1.29 is 9.59 Å². The first-order valence-corrected chi connectivity index (χ1v) is 10.8. The first-order chi connectivity index (χ1) is 14.3. The number of hydrogen-bond donors (Lipinski definition) is 3. The minimum Gasteiger partial charge on any atom is -0.366 e. The van der Waals surface area contributed by atoms with Gasteiger partial charge in [0.1, 0.15) is 6.04 Å². The number of amidine groups is 1. The number of amides is 2. The molecule has 1 aliphatic heterocycles. The molecule has 9 heteroatoms. The fourth-order valence-corrected chi connectivity index (χ4v) is 4.19. The van der Waals surface area contributed by atoms with Gasteiger partial charge in [0.05, 0.1) is 21.4 Å². The first kappa shape index (κ1) is 22.2. The molecule has 0 unspecified atom stereocenters. The minimum atomic E-state index is -0.711. The molecule has 1 atom stereocenters. The second kappa shape index (κ2) is 9.55. The maximum atomic E-state index is 12.4. The predicted molar refractivity (Wildman–Crippen MR) is 124 cm³/mol. The SMILES string of the molecule is CC1=C(C(N)=O)[C@@H](c2cccc(Cl)c2Cl)N=C(SCC(=O)Nc2ccccc2C)N1. The van der Waals surface area contributed by atoms with Crippen molar-refractivity contribution in [2.75, 3.05) is 11.1 Å². The summed E-state index contributed by atoms with van der Waals surface area (Å²) < 4.78 is 0. The molecular formula is C21H20Cl2N4O2S. The van der Waals surface area contributed by atoms with Gasteiger partial charge in [-0.05, 0) is 31.5 Å². The lowest BCUT2D eigenvalue weighted by Gasteiger charge is -2.26. The number of nitrogens with one attached hydrogen (secondary N) is 2. The second-order valence-corrected chi connectivity index (χ2v) is 8.41. The molecule has 1 heterocycles. The van der Waals surface area contributed by atoms with Crippen LogP contribution < -0.4 is 16.4 Å². The Hall–Kier alpha value is -2.48. The molecule has 2 amide bonds. The maximum absolute atomic E-state index is 12.4. The van der Waals surface area contributed by atoms with Crippen LogP contribution in [0.2, 0.25) is 10.0 Å². The number of aryl methyl sites for hydroxylation is 1. The van der Waals surface area contributed by atoms with E-state index in [0.717, 1.165) is 11.3 Å². The Morgan fingerprint density at radius 2 is 1.90 bits per heavy atom. The summed E-state index contributed by atoms with van der Waals surface area (Å²) in [5.41, 5.74) is 8.75. The fraction of sp³-hybridized carbons (Fsp3) is 0.190. The van der Waals surface area contributed by atoms with E-state index in [-0.39, 0.29) is 11.7 Å². The number of benzene rings is 2. The monoisotopic (exact) mass is 462 g/mol. The zero-order valence-electron chi connectivity index (χ0n) is 16.3. The van der Waals surface area contributed by atoms with Gasteiger partial charge in [0.25, 0.3) is 0 Å². The van der Waals surface area contributed by atoms with Gasteiger partial charge < -0.3 is 16.4 Å². The fourth-order valence-electron chi connectivity index (χ4n) is 3.03. The van der Waals surface area contributed by atoms with Crippen molar-refractivity contribution in [3.63, 3.8) is 0 Å². The van der Waals surface area contributed by atoms with Gasteiger partial charge in [-0.15, -0.1) is 0 Å². The van der Waals surface area contributed by atoms with E-state index in [1.165, 1.54) is 11.8 Å². The quantitative estimate of drug-likeness (QED) is 0.611. The zero-order chi connectivity index (χ0) is 21.8. The number of aliphatic imine (C=N–C) groups is 1. The van der Waals surface area contributed by atoms with Crippen LogP contribution in [0.15, 0.2) is 58.7 Å². The number of primary amides is 1. The van der Waals surface area contributed by atoms with Crippen LogP contribution in [0.4, 0.5) is 5.69 Å². The van der Waals surface area contributed by atoms with E-state index in [0.29, 0.717) is 32.0 Å². The Labute approximate surface area is 188 Å². The van der Waals surface area contributed by atoms with Crippen LogP contribution in [-0.2, 0) is 9.59 Å². The summed E-state index contributed by atoms with van der Waals surface area (Å²) in [5, 5.41) is 7.08. The average Bonchev–Trinajstić information content (AvgIpc) is 2.69. The van der Waals surface area contributed by atoms with Crippen LogP contribution in [0, 0.1) is 6.92 Å². The highest BCUT2D eigenvalue weighted by atomic mass is 35.5. The smallest absolute Gasteiger partial charge is 0.248 e. The van der Waals surface area contributed by atoms with Gasteiger partial charge in [0, 0.05) is 16.9 Å². The summed E-state index contributed by atoms with van der Waals surface area (Å²) in [4.78, 5) is 29.0. The third-order valence-corrected chi connectivity index (χ3v) is 6.24. The molecule has 0 spiro atoms. The summed E-state index contributed by atoms with van der Waals surface area (Å²) in [6.45, 7) is 3.66. The van der Waals surface area contributed by atoms with Gasteiger partial charge in [-0.1, -0.05) is 65.3 Å². The molecule has 0 bridgehead atoms. The molecule has 3 rings (SSSR count). The predicted octanol–water partition coefficient (Wildman–Crippen LogP) is 4.43. The standard InChI is InChI=1S/C21H20Cl2N4O2S/c1-11-6-3-4-9-15(11)26-16(28)10-30-21-25-12(2)17(20(24)29)19(27-21)13-7-5-8-14(22)18(13)23/h3-9,19H,10H2,1-2H3,(H2,24,29)(H,25,27)(H,26,28)/t19-/m1/s1. The summed E-state index contributed by atoms with van der Waals surface area (Å²) in [7, 11) is 0. The lowest BCUT2D eigenvalue weighted by Crippen LogP contribution is -2.33. The largest absolute Gasteiger partial charge is 0.366 e. The van der Waals surface area contributed by atoms with Crippen LogP contribution in [0.3, 0.4) is 0 Å². The highest BCUT2D eigenvalue weighted by Crippen LogP contribution is 2.38. The molecule has 0 aliphatic carbocycles. The van der Waals surface area contributed by atoms with Gasteiger partial charge in [0.15, 0.2) is 5.17 Å². The highest BCUT2D eigenvalue weighted by Gasteiger charge is 2.30. The van der Waals surface area contributed by atoms with Crippen LogP contribution in [0.1, 0.15) is 24.1 Å². The molecule has 0 saturated heterocycles. The lowest BCUT2D eigenvalue weighted by molar-refractivity contribution is -0.115. The molecule has 2 aromatic rings. The number of hydrogen-bond acceptors (Lipinski definition) is 5. The number of carbonyl (C=O) groups excluding carboxylic acids is 2. The van der Waals surface area contributed by atoms with E-state index in [1.54, 1.807) is 25.1 Å². The van der Waals surface area contributed by atoms with Gasteiger partial charge in [-0.2, -0.15) is 0 Å². The van der Waals surface area contributed by atoms with Crippen molar-refractivity contribution in [1.82, 2.24) is 5.32 Å². The number of para-hydroxylation sites is 1. The topological polar surface area (TPSA) is 96.6 Å². The summed E-state index contributed by atoms with van der Waals surface area (Å²) in [6, 6.07) is 12.0. The second-order valence-electron chi connectivity index (χ2n) is 6.66. The highest BCUT2D eigenvalue weighted by molar-refractivity contribution is 8.14.